The number of ether oxygens (including phenoxy) is 3. The molecule has 0 aliphatic carbocycles. The van der Waals surface area contributed by atoms with Crippen molar-refractivity contribution >= 4 is 5.97 Å². The molecule has 2 heterocycles. The number of rotatable bonds is 5. The standard InChI is InChI=1S/C19H27NO5/c1-23-15-4-3-14(13-16(15)24-2)17(18(21)22)20-9-5-19(6-10-20)7-11-25-12-8-19/h3-4,13,17H,5-12H2,1-2H3,(H,21,22). The molecular formula is C19H27NO5. The van der Waals surface area contributed by atoms with E-state index in [1.54, 1.807) is 26.4 Å². The fourth-order valence-electron chi connectivity index (χ4n) is 4.09. The van der Waals surface area contributed by atoms with Crippen LogP contribution in [-0.4, -0.2) is 56.5 Å². The van der Waals surface area contributed by atoms with Crippen LogP contribution in [0.15, 0.2) is 18.2 Å². The zero-order chi connectivity index (χ0) is 17.9. The highest BCUT2D eigenvalue weighted by Crippen LogP contribution is 2.42. The molecule has 0 radical (unpaired) electrons. The molecule has 0 amide bonds. The predicted molar refractivity (Wildman–Crippen MR) is 93.2 cm³/mol. The van der Waals surface area contributed by atoms with Crippen LogP contribution in [0.5, 0.6) is 11.5 Å². The number of methoxy groups -OCH3 is 2. The fourth-order valence-corrected chi connectivity index (χ4v) is 4.09. The molecule has 0 saturated carbocycles. The van der Waals surface area contributed by atoms with Crippen LogP contribution in [0.2, 0.25) is 0 Å². The van der Waals surface area contributed by atoms with Gasteiger partial charge in [0.25, 0.3) is 0 Å². The smallest absolute Gasteiger partial charge is 0.325 e. The molecule has 1 aromatic rings. The van der Waals surface area contributed by atoms with E-state index in [2.05, 4.69) is 4.90 Å². The SMILES string of the molecule is COc1ccc(C(C(=O)O)N2CCC3(CCOCC3)CC2)cc1OC. The molecule has 1 atom stereocenters. The van der Waals surface area contributed by atoms with E-state index in [0.717, 1.165) is 57.6 Å². The molecule has 0 bridgehead atoms. The Bertz CT molecular complexity index is 602. The Kier molecular flexibility index (Phi) is 5.49. The third-order valence-electron chi connectivity index (χ3n) is 5.73. The molecule has 2 aliphatic rings. The number of benzene rings is 1. The van der Waals surface area contributed by atoms with Crippen LogP contribution in [0, 0.1) is 5.41 Å². The quantitative estimate of drug-likeness (QED) is 0.882. The highest BCUT2D eigenvalue weighted by atomic mass is 16.5. The Balaban J connectivity index is 1.77. The van der Waals surface area contributed by atoms with Crippen LogP contribution < -0.4 is 9.47 Å². The normalized spacial score (nSPS) is 21.7. The van der Waals surface area contributed by atoms with Gasteiger partial charge in [0.1, 0.15) is 6.04 Å². The molecule has 1 unspecified atom stereocenters. The maximum absolute atomic E-state index is 12.0. The number of carboxylic acid groups (broad SMARTS) is 1. The molecule has 1 N–H and O–H groups in total. The molecule has 138 valence electrons. The number of carboxylic acids is 1. The van der Waals surface area contributed by atoms with Gasteiger partial charge in [-0.3, -0.25) is 9.69 Å². The van der Waals surface area contributed by atoms with Gasteiger partial charge in [0.05, 0.1) is 14.2 Å². The lowest BCUT2D eigenvalue weighted by atomic mass is 9.72. The van der Waals surface area contributed by atoms with Gasteiger partial charge < -0.3 is 19.3 Å². The van der Waals surface area contributed by atoms with Gasteiger partial charge in [-0.05, 0) is 61.9 Å². The second-order valence-electron chi connectivity index (χ2n) is 7.00. The van der Waals surface area contributed by atoms with Crippen molar-refractivity contribution in [2.45, 2.75) is 31.7 Å². The van der Waals surface area contributed by atoms with E-state index in [9.17, 15) is 9.90 Å². The van der Waals surface area contributed by atoms with Crippen LogP contribution >= 0.6 is 0 Å². The van der Waals surface area contributed by atoms with Crippen LogP contribution in [0.3, 0.4) is 0 Å². The monoisotopic (exact) mass is 349 g/mol. The van der Waals surface area contributed by atoms with Gasteiger partial charge in [0.15, 0.2) is 11.5 Å². The van der Waals surface area contributed by atoms with Gasteiger partial charge in [-0.1, -0.05) is 6.07 Å². The van der Waals surface area contributed by atoms with Gasteiger partial charge in [-0.25, -0.2) is 0 Å². The molecule has 2 fully saturated rings. The van der Waals surface area contributed by atoms with Gasteiger partial charge in [0, 0.05) is 13.2 Å². The molecule has 3 rings (SSSR count). The Hall–Kier alpha value is -1.79. The third-order valence-corrected chi connectivity index (χ3v) is 5.73. The van der Waals surface area contributed by atoms with E-state index in [1.807, 2.05) is 6.07 Å². The Labute approximate surface area is 148 Å². The number of carbonyl (C=O) groups is 1. The van der Waals surface area contributed by atoms with E-state index in [0.29, 0.717) is 16.9 Å². The summed E-state index contributed by atoms with van der Waals surface area (Å²) in [5.74, 6) is 0.342. The van der Waals surface area contributed by atoms with Gasteiger partial charge in [-0.15, -0.1) is 0 Å². The summed E-state index contributed by atoms with van der Waals surface area (Å²) in [5, 5.41) is 9.84. The van der Waals surface area contributed by atoms with Crippen molar-refractivity contribution in [1.82, 2.24) is 4.90 Å². The summed E-state index contributed by atoms with van der Waals surface area (Å²) in [4.78, 5) is 14.1. The first-order valence-electron chi connectivity index (χ1n) is 8.85. The van der Waals surface area contributed by atoms with Gasteiger partial charge in [-0.2, -0.15) is 0 Å². The van der Waals surface area contributed by atoms with Crippen molar-refractivity contribution in [2.24, 2.45) is 5.41 Å². The first-order valence-corrected chi connectivity index (χ1v) is 8.85. The minimum atomic E-state index is -0.824. The van der Waals surface area contributed by atoms with Crippen LogP contribution in [0.1, 0.15) is 37.3 Å². The molecule has 25 heavy (non-hydrogen) atoms. The highest BCUT2D eigenvalue weighted by molar-refractivity contribution is 5.76. The van der Waals surface area contributed by atoms with Crippen molar-refractivity contribution in [3.63, 3.8) is 0 Å². The predicted octanol–water partition coefficient (Wildman–Crippen LogP) is 2.72. The molecule has 2 saturated heterocycles. The Morgan fingerprint density at radius 2 is 1.76 bits per heavy atom. The molecular weight excluding hydrogens is 322 g/mol. The van der Waals surface area contributed by atoms with Crippen LogP contribution in [0.25, 0.3) is 0 Å². The van der Waals surface area contributed by atoms with Crippen molar-refractivity contribution < 1.29 is 24.1 Å². The minimum Gasteiger partial charge on any atom is -0.493 e. The second-order valence-corrected chi connectivity index (χ2v) is 7.00. The van der Waals surface area contributed by atoms with E-state index >= 15 is 0 Å². The second kappa shape index (κ2) is 7.62. The fraction of sp³-hybridized carbons (Fsp3) is 0.632. The summed E-state index contributed by atoms with van der Waals surface area (Å²) >= 11 is 0. The number of likely N-dealkylation sites (tertiary alicyclic amines) is 1. The van der Waals surface area contributed by atoms with Crippen molar-refractivity contribution in [2.75, 3.05) is 40.5 Å². The van der Waals surface area contributed by atoms with E-state index in [-0.39, 0.29) is 0 Å². The third kappa shape index (κ3) is 3.75. The molecule has 6 heteroatoms. The van der Waals surface area contributed by atoms with Crippen molar-refractivity contribution in [3.8, 4) is 11.5 Å². The van der Waals surface area contributed by atoms with E-state index < -0.39 is 12.0 Å². The zero-order valence-corrected chi connectivity index (χ0v) is 15.0. The van der Waals surface area contributed by atoms with Crippen LogP contribution in [-0.2, 0) is 9.53 Å². The van der Waals surface area contributed by atoms with Gasteiger partial charge >= 0.3 is 5.97 Å². The molecule has 0 aromatic heterocycles. The summed E-state index contributed by atoms with van der Waals surface area (Å²) < 4.78 is 16.1. The Morgan fingerprint density at radius 1 is 1.12 bits per heavy atom. The molecule has 1 spiro atoms. The molecule has 6 nitrogen and oxygen atoms in total. The summed E-state index contributed by atoms with van der Waals surface area (Å²) in [7, 11) is 3.14. The lowest BCUT2D eigenvalue weighted by Gasteiger charge is -2.45. The number of hydrogen-bond acceptors (Lipinski definition) is 5. The maximum Gasteiger partial charge on any atom is 0.325 e. The summed E-state index contributed by atoms with van der Waals surface area (Å²) in [6, 6.07) is 4.71. The topological polar surface area (TPSA) is 68.2 Å². The van der Waals surface area contributed by atoms with E-state index in [4.69, 9.17) is 14.2 Å². The van der Waals surface area contributed by atoms with Crippen molar-refractivity contribution in [3.05, 3.63) is 23.8 Å². The van der Waals surface area contributed by atoms with E-state index in [1.165, 1.54) is 0 Å². The number of nitrogens with zero attached hydrogens (tertiary/aromatic N) is 1. The van der Waals surface area contributed by atoms with Gasteiger partial charge in [0.2, 0.25) is 0 Å². The van der Waals surface area contributed by atoms with Crippen molar-refractivity contribution in [1.29, 1.82) is 0 Å². The average molecular weight is 349 g/mol. The summed E-state index contributed by atoms with van der Waals surface area (Å²) in [6.07, 6.45) is 4.25. The number of hydrogen-bond donors (Lipinski definition) is 1. The Morgan fingerprint density at radius 3 is 2.32 bits per heavy atom. The lowest BCUT2D eigenvalue weighted by Crippen LogP contribution is -2.46. The van der Waals surface area contributed by atoms with Crippen LogP contribution in [0.4, 0.5) is 0 Å². The highest BCUT2D eigenvalue weighted by Gasteiger charge is 2.39. The molecule has 1 aromatic carbocycles. The summed E-state index contributed by atoms with van der Waals surface area (Å²) in [5.41, 5.74) is 1.07. The first kappa shape index (κ1) is 18.0. The first-order chi connectivity index (χ1) is 12.1. The summed E-state index contributed by atoms with van der Waals surface area (Å²) in [6.45, 7) is 3.26. The zero-order valence-electron chi connectivity index (χ0n) is 15.0. The largest absolute Gasteiger partial charge is 0.493 e. The lowest BCUT2D eigenvalue weighted by molar-refractivity contribution is -0.145. The maximum atomic E-state index is 12.0. The number of aliphatic carboxylic acids is 1. The minimum absolute atomic E-state index is 0.343. The molecule has 2 aliphatic heterocycles. The average Bonchev–Trinajstić information content (AvgIpc) is 2.64. The number of piperidine rings is 1.